The first-order valence-electron chi connectivity index (χ1n) is 11.2. The Hall–Kier alpha value is -2.27. The minimum Gasteiger partial charge on any atom is -0.345 e. The molecule has 2 fully saturated rings. The first kappa shape index (κ1) is 23.5. The summed E-state index contributed by atoms with van der Waals surface area (Å²) in [7, 11) is -3.69. The molecule has 0 bridgehead atoms. The second kappa shape index (κ2) is 9.41. The van der Waals surface area contributed by atoms with Crippen LogP contribution in [0.4, 0.5) is 9.52 Å². The van der Waals surface area contributed by atoms with Crippen molar-refractivity contribution < 1.29 is 17.6 Å². The van der Waals surface area contributed by atoms with E-state index in [9.17, 15) is 17.6 Å². The third kappa shape index (κ3) is 4.51. The number of piperidine rings is 1. The van der Waals surface area contributed by atoms with E-state index in [0.717, 1.165) is 27.5 Å². The van der Waals surface area contributed by atoms with Crippen molar-refractivity contribution in [1.82, 2.24) is 14.2 Å². The van der Waals surface area contributed by atoms with Crippen LogP contribution in [0.15, 0.2) is 47.4 Å². The van der Waals surface area contributed by atoms with Gasteiger partial charge >= 0.3 is 0 Å². The molecule has 7 nitrogen and oxygen atoms in total. The van der Waals surface area contributed by atoms with E-state index in [1.165, 1.54) is 16.4 Å². The van der Waals surface area contributed by atoms with Crippen molar-refractivity contribution in [2.75, 3.05) is 44.2 Å². The van der Waals surface area contributed by atoms with Crippen LogP contribution in [-0.2, 0) is 14.8 Å². The molecule has 3 heterocycles. The Morgan fingerprint density at radius 2 is 1.68 bits per heavy atom. The Balaban J connectivity index is 1.16. The summed E-state index contributed by atoms with van der Waals surface area (Å²) in [5, 5.41) is 1.55. The molecule has 1 aromatic heterocycles. The molecule has 2 saturated heterocycles. The molecule has 180 valence electrons. The Kier molecular flexibility index (Phi) is 6.49. The lowest BCUT2D eigenvalue weighted by Crippen LogP contribution is -2.52. The van der Waals surface area contributed by atoms with Crippen molar-refractivity contribution in [3.63, 3.8) is 0 Å². The minimum atomic E-state index is -3.69. The topological polar surface area (TPSA) is 73.8 Å². The van der Waals surface area contributed by atoms with E-state index in [1.807, 2.05) is 23.1 Å². The summed E-state index contributed by atoms with van der Waals surface area (Å²) in [5.41, 5.74) is 0.810. The number of rotatable bonds is 4. The van der Waals surface area contributed by atoms with E-state index in [1.54, 1.807) is 11.3 Å². The Labute approximate surface area is 206 Å². The quantitative estimate of drug-likeness (QED) is 0.520. The number of fused-ring (bicyclic) bond motifs is 1. The molecule has 2 aromatic carbocycles. The fraction of sp³-hybridized carbons (Fsp3) is 0.391. The van der Waals surface area contributed by atoms with Gasteiger partial charge in [0.15, 0.2) is 5.13 Å². The number of sulfonamides is 1. The minimum absolute atomic E-state index is 0.0749. The second-order valence-corrected chi connectivity index (χ2v) is 11.9. The molecular formula is C23H24ClFN4O3S2. The number of benzene rings is 2. The number of amides is 1. The van der Waals surface area contributed by atoms with Crippen molar-refractivity contribution in [3.05, 3.63) is 53.3 Å². The standard InChI is InChI=1S/C23H24ClFN4O3S2/c24-19-2-1-3-20-21(19)26-23(33-20)28-14-12-27(13-15-28)22(30)16-8-10-29(11-9-16)34(31,32)18-6-4-17(25)5-7-18/h1-7,16H,8-15H2. The monoisotopic (exact) mass is 522 g/mol. The molecule has 34 heavy (non-hydrogen) atoms. The summed E-state index contributed by atoms with van der Waals surface area (Å²) >= 11 is 7.86. The van der Waals surface area contributed by atoms with Gasteiger partial charge in [-0.1, -0.05) is 29.0 Å². The lowest BCUT2D eigenvalue weighted by atomic mass is 9.96. The van der Waals surface area contributed by atoms with Crippen molar-refractivity contribution >= 4 is 54.2 Å². The van der Waals surface area contributed by atoms with Gasteiger partial charge in [0.25, 0.3) is 0 Å². The van der Waals surface area contributed by atoms with Gasteiger partial charge in [0.2, 0.25) is 15.9 Å². The molecule has 0 atom stereocenters. The van der Waals surface area contributed by atoms with Crippen molar-refractivity contribution in [1.29, 1.82) is 0 Å². The van der Waals surface area contributed by atoms with Crippen molar-refractivity contribution in [2.24, 2.45) is 5.92 Å². The van der Waals surface area contributed by atoms with Gasteiger partial charge in [0.05, 0.1) is 14.6 Å². The third-order valence-corrected chi connectivity index (χ3v) is 9.77. The number of thiazole rings is 1. The van der Waals surface area contributed by atoms with Gasteiger partial charge in [0, 0.05) is 45.2 Å². The molecule has 2 aliphatic rings. The van der Waals surface area contributed by atoms with Crippen molar-refractivity contribution in [3.8, 4) is 0 Å². The van der Waals surface area contributed by atoms with Crippen LogP contribution >= 0.6 is 22.9 Å². The van der Waals surface area contributed by atoms with Crippen LogP contribution in [0.1, 0.15) is 12.8 Å². The highest BCUT2D eigenvalue weighted by Crippen LogP contribution is 2.33. The summed E-state index contributed by atoms with van der Waals surface area (Å²) in [6, 6.07) is 10.6. The molecule has 2 aliphatic heterocycles. The molecule has 0 saturated carbocycles. The fourth-order valence-electron chi connectivity index (χ4n) is 4.51. The molecule has 11 heteroatoms. The lowest BCUT2D eigenvalue weighted by molar-refractivity contribution is -0.137. The summed E-state index contributed by atoms with van der Waals surface area (Å²) in [6.07, 6.45) is 0.964. The fourth-order valence-corrected chi connectivity index (χ4v) is 7.30. The second-order valence-electron chi connectivity index (χ2n) is 8.53. The molecule has 3 aromatic rings. The number of aromatic nitrogens is 1. The highest BCUT2D eigenvalue weighted by Gasteiger charge is 2.35. The number of carbonyl (C=O) groups is 1. The molecule has 0 unspecified atom stereocenters. The molecule has 0 radical (unpaired) electrons. The predicted octanol–water partition coefficient (Wildman–Crippen LogP) is 3.84. The maximum Gasteiger partial charge on any atom is 0.243 e. The Morgan fingerprint density at radius 1 is 1.00 bits per heavy atom. The van der Waals surface area contributed by atoms with Gasteiger partial charge < -0.3 is 9.80 Å². The zero-order valence-corrected chi connectivity index (χ0v) is 20.8. The van der Waals surface area contributed by atoms with Crippen LogP contribution in [0.3, 0.4) is 0 Å². The van der Waals surface area contributed by atoms with Crippen LogP contribution in [0, 0.1) is 11.7 Å². The van der Waals surface area contributed by atoms with Crippen molar-refractivity contribution in [2.45, 2.75) is 17.7 Å². The average Bonchev–Trinajstić information content (AvgIpc) is 3.30. The third-order valence-electron chi connectivity index (χ3n) is 6.47. The van der Waals surface area contributed by atoms with E-state index < -0.39 is 15.8 Å². The zero-order valence-electron chi connectivity index (χ0n) is 18.4. The smallest absolute Gasteiger partial charge is 0.243 e. The van der Waals surface area contributed by atoms with E-state index in [4.69, 9.17) is 11.6 Å². The van der Waals surface area contributed by atoms with Gasteiger partial charge in [-0.25, -0.2) is 17.8 Å². The highest BCUT2D eigenvalue weighted by molar-refractivity contribution is 7.89. The zero-order chi connectivity index (χ0) is 23.9. The Bertz CT molecular complexity index is 1300. The molecule has 1 amide bonds. The summed E-state index contributed by atoms with van der Waals surface area (Å²) in [6.45, 7) is 3.17. The van der Waals surface area contributed by atoms with Crippen LogP contribution in [-0.4, -0.2) is 67.8 Å². The van der Waals surface area contributed by atoms with E-state index in [2.05, 4.69) is 9.88 Å². The molecule has 5 rings (SSSR count). The lowest BCUT2D eigenvalue weighted by Gasteiger charge is -2.38. The van der Waals surface area contributed by atoms with Gasteiger partial charge in [-0.15, -0.1) is 0 Å². The number of anilines is 1. The number of halogens is 2. The number of hydrogen-bond donors (Lipinski definition) is 0. The predicted molar refractivity (Wildman–Crippen MR) is 131 cm³/mol. The largest absolute Gasteiger partial charge is 0.345 e. The first-order valence-corrected chi connectivity index (χ1v) is 13.8. The van der Waals surface area contributed by atoms with E-state index in [-0.39, 0.29) is 29.8 Å². The Morgan fingerprint density at radius 3 is 2.32 bits per heavy atom. The number of nitrogens with zero attached hydrogens (tertiary/aromatic N) is 4. The van der Waals surface area contributed by atoms with Gasteiger partial charge in [0.1, 0.15) is 11.3 Å². The normalized spacial score (nSPS) is 18.5. The van der Waals surface area contributed by atoms with E-state index >= 15 is 0 Å². The molecular weight excluding hydrogens is 499 g/mol. The summed E-state index contributed by atoms with van der Waals surface area (Å²) in [5.74, 6) is -0.575. The first-order chi connectivity index (χ1) is 16.3. The van der Waals surface area contributed by atoms with Crippen LogP contribution in [0.2, 0.25) is 5.02 Å². The summed E-state index contributed by atoms with van der Waals surface area (Å²) in [4.78, 5) is 21.9. The van der Waals surface area contributed by atoms with Gasteiger partial charge in [-0.2, -0.15) is 4.31 Å². The number of piperazine rings is 1. The molecule has 0 N–H and O–H groups in total. The van der Waals surface area contributed by atoms with Crippen LogP contribution in [0.5, 0.6) is 0 Å². The maximum atomic E-state index is 13.2. The van der Waals surface area contributed by atoms with Crippen LogP contribution < -0.4 is 4.90 Å². The average molecular weight is 523 g/mol. The van der Waals surface area contributed by atoms with E-state index in [0.29, 0.717) is 44.0 Å². The maximum absolute atomic E-state index is 13.2. The summed E-state index contributed by atoms with van der Waals surface area (Å²) < 4.78 is 41.2. The molecule has 0 aliphatic carbocycles. The SMILES string of the molecule is O=C(C1CCN(S(=O)(=O)c2ccc(F)cc2)CC1)N1CCN(c2nc3c(Cl)cccc3s2)CC1. The van der Waals surface area contributed by atoms with Crippen LogP contribution in [0.25, 0.3) is 10.2 Å². The number of hydrogen-bond acceptors (Lipinski definition) is 6. The van der Waals surface area contributed by atoms with Gasteiger partial charge in [-0.05, 0) is 49.2 Å². The van der Waals surface area contributed by atoms with Gasteiger partial charge in [-0.3, -0.25) is 4.79 Å². The number of para-hydroxylation sites is 1. The number of carbonyl (C=O) groups excluding carboxylic acids is 1. The molecule has 0 spiro atoms. The highest BCUT2D eigenvalue weighted by atomic mass is 35.5.